The Hall–Kier alpha value is -2.61. The molecular weight excluding hydrogens is 308 g/mol. The molecule has 1 amide bonds. The quantitative estimate of drug-likeness (QED) is 0.818. The minimum absolute atomic E-state index is 0.201. The molecular formula is C14H14N2O5S. The van der Waals surface area contributed by atoms with Gasteiger partial charge in [0.2, 0.25) is 0 Å². The molecule has 1 aromatic heterocycles. The number of nitrogens with zero attached hydrogens (tertiary/aromatic N) is 1. The van der Waals surface area contributed by atoms with Crippen LogP contribution in [0.3, 0.4) is 0 Å². The van der Waals surface area contributed by atoms with Gasteiger partial charge in [0.15, 0.2) is 23.2 Å². The lowest BCUT2D eigenvalue weighted by atomic mass is 10.3. The van der Waals surface area contributed by atoms with Crippen molar-refractivity contribution in [1.82, 2.24) is 4.98 Å². The first-order valence-corrected chi connectivity index (χ1v) is 7.05. The van der Waals surface area contributed by atoms with E-state index in [1.54, 1.807) is 24.3 Å². The van der Waals surface area contributed by atoms with Crippen LogP contribution in [0.1, 0.15) is 9.67 Å². The summed E-state index contributed by atoms with van der Waals surface area (Å²) in [4.78, 5) is 27.3. The maximum atomic E-state index is 11.8. The number of rotatable bonds is 6. The number of anilines is 1. The topological polar surface area (TPSA) is 86.8 Å². The number of para-hydroxylation sites is 2. The number of amides is 1. The van der Waals surface area contributed by atoms with Crippen molar-refractivity contribution in [3.63, 3.8) is 0 Å². The first-order chi connectivity index (χ1) is 10.6. The normalized spacial score (nSPS) is 9.91. The van der Waals surface area contributed by atoms with E-state index in [-0.39, 0.29) is 6.61 Å². The summed E-state index contributed by atoms with van der Waals surface area (Å²) in [6.07, 6.45) is 1.34. The van der Waals surface area contributed by atoms with Gasteiger partial charge in [0.25, 0.3) is 5.91 Å². The third-order valence-electron chi connectivity index (χ3n) is 2.57. The van der Waals surface area contributed by atoms with Crippen molar-refractivity contribution in [3.8, 4) is 11.5 Å². The number of thiazole rings is 1. The fraction of sp³-hybridized carbons (Fsp3) is 0.214. The van der Waals surface area contributed by atoms with E-state index in [0.29, 0.717) is 21.5 Å². The van der Waals surface area contributed by atoms with Gasteiger partial charge in [-0.3, -0.25) is 10.1 Å². The maximum Gasteiger partial charge on any atom is 0.349 e. The van der Waals surface area contributed by atoms with Gasteiger partial charge in [-0.25, -0.2) is 9.78 Å². The van der Waals surface area contributed by atoms with Gasteiger partial charge in [-0.05, 0) is 12.1 Å². The Balaban J connectivity index is 1.90. The van der Waals surface area contributed by atoms with Crippen molar-refractivity contribution in [2.75, 3.05) is 26.1 Å². The van der Waals surface area contributed by atoms with E-state index in [4.69, 9.17) is 9.47 Å². The van der Waals surface area contributed by atoms with E-state index in [0.717, 1.165) is 11.3 Å². The predicted octanol–water partition coefficient (Wildman–Crippen LogP) is 1.96. The molecule has 0 radical (unpaired) electrons. The van der Waals surface area contributed by atoms with Gasteiger partial charge in [0, 0.05) is 0 Å². The minimum Gasteiger partial charge on any atom is -0.493 e. The van der Waals surface area contributed by atoms with Crippen molar-refractivity contribution >= 4 is 28.3 Å². The van der Waals surface area contributed by atoms with E-state index >= 15 is 0 Å². The van der Waals surface area contributed by atoms with Crippen LogP contribution >= 0.6 is 11.3 Å². The number of carbonyl (C=O) groups is 2. The van der Waals surface area contributed by atoms with Crippen molar-refractivity contribution in [2.45, 2.75) is 0 Å². The zero-order valence-corrected chi connectivity index (χ0v) is 12.8. The van der Waals surface area contributed by atoms with Gasteiger partial charge in [-0.1, -0.05) is 23.5 Å². The highest BCUT2D eigenvalue weighted by Gasteiger charge is 2.13. The van der Waals surface area contributed by atoms with Crippen LogP contribution in [0.5, 0.6) is 11.5 Å². The second kappa shape index (κ2) is 7.41. The van der Waals surface area contributed by atoms with Gasteiger partial charge in [-0.15, -0.1) is 0 Å². The van der Waals surface area contributed by atoms with E-state index < -0.39 is 11.9 Å². The van der Waals surface area contributed by atoms with Gasteiger partial charge in [0.05, 0.1) is 20.4 Å². The number of methoxy groups -OCH3 is 2. The third kappa shape index (κ3) is 3.95. The SMILES string of the molecule is COC(=O)c1cnc(NC(=O)COc2ccccc2OC)s1. The fourth-order valence-electron chi connectivity index (χ4n) is 1.56. The molecule has 0 unspecified atom stereocenters. The Morgan fingerprint density at radius 2 is 1.95 bits per heavy atom. The highest BCUT2D eigenvalue weighted by atomic mass is 32.1. The fourth-order valence-corrected chi connectivity index (χ4v) is 2.31. The van der Waals surface area contributed by atoms with Crippen molar-refractivity contribution in [3.05, 3.63) is 35.3 Å². The molecule has 0 aliphatic rings. The molecule has 1 aromatic carbocycles. The Labute approximate surface area is 130 Å². The van der Waals surface area contributed by atoms with Crippen LogP contribution in [-0.4, -0.2) is 37.7 Å². The van der Waals surface area contributed by atoms with Crippen LogP contribution in [-0.2, 0) is 9.53 Å². The molecule has 0 fully saturated rings. The van der Waals surface area contributed by atoms with E-state index in [1.807, 2.05) is 0 Å². The van der Waals surface area contributed by atoms with Crippen molar-refractivity contribution < 1.29 is 23.8 Å². The van der Waals surface area contributed by atoms with Crippen molar-refractivity contribution in [2.24, 2.45) is 0 Å². The van der Waals surface area contributed by atoms with Crippen molar-refractivity contribution in [1.29, 1.82) is 0 Å². The van der Waals surface area contributed by atoms with Crippen LogP contribution in [0.4, 0.5) is 5.13 Å². The minimum atomic E-state index is -0.497. The molecule has 7 nitrogen and oxygen atoms in total. The molecule has 22 heavy (non-hydrogen) atoms. The van der Waals surface area contributed by atoms with Crippen LogP contribution in [0.25, 0.3) is 0 Å². The summed E-state index contributed by atoms with van der Waals surface area (Å²) in [6, 6.07) is 7.01. The van der Waals surface area contributed by atoms with Gasteiger partial charge in [0.1, 0.15) is 4.88 Å². The number of hydrogen-bond acceptors (Lipinski definition) is 7. The summed E-state index contributed by atoms with van der Waals surface area (Å²) in [5.41, 5.74) is 0. The van der Waals surface area contributed by atoms with Crippen LogP contribution in [0.2, 0.25) is 0 Å². The second-order valence-electron chi connectivity index (χ2n) is 4.01. The molecule has 0 bridgehead atoms. The second-order valence-corrected chi connectivity index (χ2v) is 5.04. The zero-order valence-electron chi connectivity index (χ0n) is 12.0. The zero-order chi connectivity index (χ0) is 15.9. The largest absolute Gasteiger partial charge is 0.493 e. The molecule has 0 saturated heterocycles. The lowest BCUT2D eigenvalue weighted by Gasteiger charge is -2.09. The standard InChI is InChI=1S/C14H14N2O5S/c1-19-9-5-3-4-6-10(9)21-8-12(17)16-14-15-7-11(22-14)13(18)20-2/h3-7H,8H2,1-2H3,(H,15,16,17). The summed E-state index contributed by atoms with van der Waals surface area (Å²) in [5.74, 6) is 0.118. The van der Waals surface area contributed by atoms with E-state index in [2.05, 4.69) is 15.0 Å². The molecule has 0 aliphatic carbocycles. The summed E-state index contributed by atoms with van der Waals surface area (Å²) in [6.45, 7) is -0.201. The summed E-state index contributed by atoms with van der Waals surface area (Å²) >= 11 is 1.03. The van der Waals surface area contributed by atoms with Crippen LogP contribution in [0, 0.1) is 0 Å². The van der Waals surface area contributed by atoms with E-state index in [9.17, 15) is 9.59 Å². The Morgan fingerprint density at radius 1 is 1.23 bits per heavy atom. The first kappa shape index (κ1) is 15.8. The molecule has 2 rings (SSSR count). The molecule has 8 heteroatoms. The molecule has 1 N–H and O–H groups in total. The number of carbonyl (C=O) groups excluding carboxylic acids is 2. The highest BCUT2D eigenvalue weighted by molar-refractivity contribution is 7.17. The molecule has 1 heterocycles. The van der Waals surface area contributed by atoms with Crippen LogP contribution < -0.4 is 14.8 Å². The van der Waals surface area contributed by atoms with Gasteiger partial charge in [-0.2, -0.15) is 0 Å². The molecule has 0 saturated carbocycles. The number of aromatic nitrogens is 1. The average molecular weight is 322 g/mol. The molecule has 116 valence electrons. The smallest absolute Gasteiger partial charge is 0.349 e. The number of ether oxygens (including phenoxy) is 3. The lowest BCUT2D eigenvalue weighted by Crippen LogP contribution is -2.20. The van der Waals surface area contributed by atoms with Gasteiger partial charge >= 0.3 is 5.97 Å². The molecule has 2 aromatic rings. The van der Waals surface area contributed by atoms with E-state index in [1.165, 1.54) is 20.4 Å². The average Bonchev–Trinajstić information content (AvgIpc) is 3.00. The van der Waals surface area contributed by atoms with Gasteiger partial charge < -0.3 is 14.2 Å². The highest BCUT2D eigenvalue weighted by Crippen LogP contribution is 2.25. The summed E-state index contributed by atoms with van der Waals surface area (Å²) in [5, 5.41) is 2.84. The number of benzene rings is 1. The third-order valence-corrected chi connectivity index (χ3v) is 3.46. The molecule has 0 aliphatic heterocycles. The molecule has 0 atom stereocenters. The number of esters is 1. The monoisotopic (exact) mass is 322 g/mol. The lowest BCUT2D eigenvalue weighted by molar-refractivity contribution is -0.118. The molecule has 0 spiro atoms. The Morgan fingerprint density at radius 3 is 2.64 bits per heavy atom. The summed E-state index contributed by atoms with van der Waals surface area (Å²) < 4.78 is 15.1. The summed E-state index contributed by atoms with van der Waals surface area (Å²) in [7, 11) is 2.80. The Bertz CT molecular complexity index is 671. The maximum absolute atomic E-state index is 11.8. The predicted molar refractivity (Wildman–Crippen MR) is 80.6 cm³/mol. The van der Waals surface area contributed by atoms with Crippen LogP contribution in [0.15, 0.2) is 30.5 Å². The number of nitrogens with one attached hydrogen (secondary N) is 1. The Kier molecular flexibility index (Phi) is 5.31. The number of hydrogen-bond donors (Lipinski definition) is 1. The first-order valence-electron chi connectivity index (χ1n) is 6.24.